The minimum Gasteiger partial charge on any atom is -0.479 e. The van der Waals surface area contributed by atoms with E-state index in [9.17, 15) is 22.8 Å². The van der Waals surface area contributed by atoms with Gasteiger partial charge >= 0.3 is 12.3 Å². The largest absolute Gasteiger partial charge is 0.573 e. The van der Waals surface area contributed by atoms with Gasteiger partial charge in [-0.2, -0.15) is 0 Å². The first-order valence-electron chi connectivity index (χ1n) is 7.15. The number of hydrogen-bond donors (Lipinski definition) is 1. The molecule has 1 aliphatic heterocycles. The molecule has 6 nitrogen and oxygen atoms in total. The van der Waals surface area contributed by atoms with E-state index in [4.69, 9.17) is 9.84 Å². The van der Waals surface area contributed by atoms with Crippen molar-refractivity contribution in [3.8, 4) is 5.75 Å². The number of carboxylic acids is 1. The van der Waals surface area contributed by atoms with Gasteiger partial charge in [0.15, 0.2) is 6.10 Å². The molecule has 1 fully saturated rings. The number of rotatable bonds is 4. The molecule has 0 radical (unpaired) electrons. The number of amides is 1. The summed E-state index contributed by atoms with van der Waals surface area (Å²) in [7, 11) is 0. The predicted octanol–water partition coefficient (Wildman–Crippen LogP) is 1.83. The van der Waals surface area contributed by atoms with Crippen LogP contribution in [0.25, 0.3) is 0 Å². The summed E-state index contributed by atoms with van der Waals surface area (Å²) in [5, 5.41) is 9.00. The quantitative estimate of drug-likeness (QED) is 0.899. The molecule has 0 aliphatic carbocycles. The van der Waals surface area contributed by atoms with Gasteiger partial charge in [-0.05, 0) is 24.6 Å². The Morgan fingerprint density at radius 2 is 2.08 bits per heavy atom. The molecule has 0 spiro atoms. The van der Waals surface area contributed by atoms with Gasteiger partial charge in [-0.3, -0.25) is 4.79 Å². The molecule has 1 aliphatic rings. The second-order valence-corrected chi connectivity index (χ2v) is 5.44. The lowest BCUT2D eigenvalue weighted by Crippen LogP contribution is -2.52. The summed E-state index contributed by atoms with van der Waals surface area (Å²) in [5.41, 5.74) is 0.341. The van der Waals surface area contributed by atoms with Crippen molar-refractivity contribution in [2.45, 2.75) is 31.9 Å². The lowest BCUT2D eigenvalue weighted by atomic mass is 10.1. The fraction of sp³-hybridized carbons (Fsp3) is 0.467. The molecule has 1 saturated heterocycles. The highest BCUT2D eigenvalue weighted by molar-refractivity contribution is 5.80. The number of benzene rings is 1. The zero-order valence-electron chi connectivity index (χ0n) is 12.7. The Balaban J connectivity index is 2.03. The minimum atomic E-state index is -4.81. The van der Waals surface area contributed by atoms with Crippen molar-refractivity contribution in [2.24, 2.45) is 0 Å². The number of morpholine rings is 1. The number of alkyl halides is 3. The molecular weight excluding hydrogens is 331 g/mol. The Morgan fingerprint density at radius 1 is 1.38 bits per heavy atom. The zero-order valence-corrected chi connectivity index (χ0v) is 12.7. The van der Waals surface area contributed by atoms with Crippen LogP contribution in [0.2, 0.25) is 0 Å². The minimum absolute atomic E-state index is 0.1000. The zero-order chi connectivity index (χ0) is 17.9. The van der Waals surface area contributed by atoms with Crippen LogP contribution in [0.1, 0.15) is 12.5 Å². The number of carboxylic acid groups (broad SMARTS) is 1. The Labute approximate surface area is 135 Å². The number of nitrogens with zero attached hydrogens (tertiary/aromatic N) is 1. The summed E-state index contributed by atoms with van der Waals surface area (Å²) >= 11 is 0. The van der Waals surface area contributed by atoms with Crippen LogP contribution in [0, 0.1) is 0 Å². The smallest absolute Gasteiger partial charge is 0.479 e. The number of hydrogen-bond acceptors (Lipinski definition) is 4. The molecule has 1 N–H and O–H groups in total. The van der Waals surface area contributed by atoms with Crippen LogP contribution in [0.15, 0.2) is 24.3 Å². The van der Waals surface area contributed by atoms with Crippen molar-refractivity contribution in [2.75, 3.05) is 13.1 Å². The molecule has 0 bridgehead atoms. The standard InChI is InChI=1S/C15H16F3NO5/c1-9-7-19(8-12(23-9)14(21)22)13(20)6-10-3-2-4-11(5-10)24-15(16,17)18/h2-5,9,12H,6-8H2,1H3,(H,21,22)/t9-,12?/m1/s1. The Kier molecular flexibility index (Phi) is 5.33. The predicted molar refractivity (Wildman–Crippen MR) is 75.4 cm³/mol. The summed E-state index contributed by atoms with van der Waals surface area (Å²) in [5.74, 6) is -1.97. The molecule has 132 valence electrons. The lowest BCUT2D eigenvalue weighted by Gasteiger charge is -2.35. The highest BCUT2D eigenvalue weighted by Gasteiger charge is 2.33. The average Bonchev–Trinajstić information content (AvgIpc) is 2.45. The maximum atomic E-state index is 12.3. The van der Waals surface area contributed by atoms with Crippen molar-refractivity contribution in [1.29, 1.82) is 0 Å². The van der Waals surface area contributed by atoms with Crippen LogP contribution in [0.4, 0.5) is 13.2 Å². The number of ether oxygens (including phenoxy) is 2. The molecular formula is C15H16F3NO5. The summed E-state index contributed by atoms with van der Waals surface area (Å²) in [6.07, 6.45) is -6.52. The summed E-state index contributed by atoms with van der Waals surface area (Å²) in [6.45, 7) is 1.77. The van der Waals surface area contributed by atoms with E-state index in [-0.39, 0.29) is 25.4 Å². The van der Waals surface area contributed by atoms with Crippen LogP contribution in [0.5, 0.6) is 5.75 Å². The normalized spacial score (nSPS) is 21.4. The molecule has 2 rings (SSSR count). The fourth-order valence-electron chi connectivity index (χ4n) is 2.43. The Morgan fingerprint density at radius 3 is 2.71 bits per heavy atom. The molecule has 1 unspecified atom stereocenters. The van der Waals surface area contributed by atoms with E-state index < -0.39 is 30.3 Å². The van der Waals surface area contributed by atoms with E-state index in [0.717, 1.165) is 12.1 Å². The maximum Gasteiger partial charge on any atom is 0.573 e. The third-order valence-electron chi connectivity index (χ3n) is 3.38. The molecule has 1 heterocycles. The Hall–Kier alpha value is -2.29. The van der Waals surface area contributed by atoms with E-state index in [1.165, 1.54) is 17.0 Å². The number of aliphatic carboxylic acids is 1. The van der Waals surface area contributed by atoms with Crippen molar-refractivity contribution in [1.82, 2.24) is 4.90 Å². The van der Waals surface area contributed by atoms with Crippen molar-refractivity contribution < 1.29 is 37.3 Å². The third kappa shape index (κ3) is 5.12. The molecule has 0 saturated carbocycles. The first-order valence-corrected chi connectivity index (χ1v) is 7.15. The van der Waals surface area contributed by atoms with Gasteiger partial charge in [0.25, 0.3) is 0 Å². The average molecular weight is 347 g/mol. The van der Waals surface area contributed by atoms with Crippen molar-refractivity contribution in [3.63, 3.8) is 0 Å². The first kappa shape index (κ1) is 18.1. The van der Waals surface area contributed by atoms with Gasteiger partial charge < -0.3 is 19.5 Å². The van der Waals surface area contributed by atoms with Gasteiger partial charge in [0.1, 0.15) is 5.75 Å². The molecule has 0 aromatic heterocycles. The van der Waals surface area contributed by atoms with Gasteiger partial charge in [-0.25, -0.2) is 4.79 Å². The number of carbonyl (C=O) groups is 2. The van der Waals surface area contributed by atoms with E-state index in [1.54, 1.807) is 6.92 Å². The van der Waals surface area contributed by atoms with E-state index in [2.05, 4.69) is 4.74 Å². The topological polar surface area (TPSA) is 76.1 Å². The van der Waals surface area contributed by atoms with Gasteiger partial charge in [-0.1, -0.05) is 12.1 Å². The second kappa shape index (κ2) is 7.08. The van der Waals surface area contributed by atoms with Crippen LogP contribution in [0.3, 0.4) is 0 Å². The van der Waals surface area contributed by atoms with E-state index in [0.29, 0.717) is 5.56 Å². The molecule has 2 atom stereocenters. The fourth-order valence-corrected chi connectivity index (χ4v) is 2.43. The van der Waals surface area contributed by atoms with Crippen molar-refractivity contribution >= 4 is 11.9 Å². The summed E-state index contributed by atoms with van der Waals surface area (Å²) in [4.78, 5) is 24.6. The number of halogens is 3. The van der Waals surface area contributed by atoms with E-state index >= 15 is 0 Å². The molecule has 1 aromatic rings. The van der Waals surface area contributed by atoms with Crippen molar-refractivity contribution in [3.05, 3.63) is 29.8 Å². The van der Waals surface area contributed by atoms with Crippen LogP contribution in [-0.2, 0) is 20.7 Å². The monoisotopic (exact) mass is 347 g/mol. The molecule has 9 heteroatoms. The SMILES string of the molecule is C[C@@H]1CN(C(=O)Cc2cccc(OC(F)(F)F)c2)CC(C(=O)O)O1. The molecule has 1 amide bonds. The van der Waals surface area contributed by atoms with Crippen LogP contribution < -0.4 is 4.74 Å². The van der Waals surface area contributed by atoms with E-state index in [1.807, 2.05) is 0 Å². The maximum absolute atomic E-state index is 12.3. The van der Waals surface area contributed by atoms with Crippen LogP contribution >= 0.6 is 0 Å². The summed E-state index contributed by atoms with van der Waals surface area (Å²) in [6, 6.07) is 5.12. The first-order chi connectivity index (χ1) is 11.1. The molecule has 1 aromatic carbocycles. The van der Waals surface area contributed by atoms with Gasteiger partial charge in [0.05, 0.1) is 19.1 Å². The Bertz CT molecular complexity index is 619. The second-order valence-electron chi connectivity index (χ2n) is 5.44. The molecule has 24 heavy (non-hydrogen) atoms. The lowest BCUT2D eigenvalue weighted by molar-refractivity contribution is -0.274. The van der Waals surface area contributed by atoms with Gasteiger partial charge in [-0.15, -0.1) is 13.2 Å². The highest BCUT2D eigenvalue weighted by Crippen LogP contribution is 2.24. The van der Waals surface area contributed by atoms with Crippen LogP contribution in [-0.4, -0.2) is 53.5 Å². The summed E-state index contributed by atoms with van der Waals surface area (Å²) < 4.78 is 45.7. The van der Waals surface area contributed by atoms with Gasteiger partial charge in [0.2, 0.25) is 5.91 Å². The van der Waals surface area contributed by atoms with Gasteiger partial charge in [0, 0.05) is 6.54 Å². The highest BCUT2D eigenvalue weighted by atomic mass is 19.4. The third-order valence-corrected chi connectivity index (χ3v) is 3.38. The number of carbonyl (C=O) groups excluding carboxylic acids is 1.